The molecule has 6 heteroatoms. The molecule has 0 spiro atoms. The van der Waals surface area contributed by atoms with E-state index in [1.54, 1.807) is 10.4 Å². The predicted molar refractivity (Wildman–Crippen MR) is 202 cm³/mol. The molecule has 0 nitrogen and oxygen atoms in total. The SMILES string of the molecule is CCc1ccc2[cH-]c(C(C)C)cc2c1-c1cc([Si](C)(C)C)cc([Si](C)(C)C)c1.[Cl][Zr+2][Cl].[c-]1cccc2c1[Si]c1ccccc1-2. The van der Waals surface area contributed by atoms with Crippen molar-refractivity contribution in [3.63, 3.8) is 0 Å². The average Bonchev–Trinajstić information content (AvgIpc) is 3.58. The molecule has 0 saturated carbocycles. The van der Waals surface area contributed by atoms with Crippen LogP contribution in [0, 0.1) is 6.07 Å². The molecular weight excluding hydrogens is 703 g/mol. The van der Waals surface area contributed by atoms with Gasteiger partial charge in [-0.1, -0.05) is 135 Å². The third kappa shape index (κ3) is 8.30. The van der Waals surface area contributed by atoms with Gasteiger partial charge < -0.3 is 0 Å². The number of aryl methyl sites for hydroxylation is 1. The van der Waals surface area contributed by atoms with E-state index in [0.717, 1.165) is 15.9 Å². The summed E-state index contributed by atoms with van der Waals surface area (Å²) in [5, 5.41) is 8.85. The zero-order valence-electron chi connectivity index (χ0n) is 27.6. The van der Waals surface area contributed by atoms with Crippen molar-refractivity contribution in [2.75, 3.05) is 0 Å². The first-order valence-corrected chi connectivity index (χ1v) is 29.8. The molecule has 0 fully saturated rings. The summed E-state index contributed by atoms with van der Waals surface area (Å²) in [6, 6.07) is 35.3. The minimum atomic E-state index is -1.39. The number of halogens is 2. The van der Waals surface area contributed by atoms with Crippen molar-refractivity contribution in [2.24, 2.45) is 0 Å². The second kappa shape index (κ2) is 15.0. The van der Waals surface area contributed by atoms with Crippen molar-refractivity contribution in [1.82, 2.24) is 0 Å². The molecule has 1 heterocycles. The van der Waals surface area contributed by atoms with Gasteiger partial charge in [0.15, 0.2) is 0 Å². The molecule has 0 bridgehead atoms. The van der Waals surface area contributed by atoms with Crippen LogP contribution in [0.4, 0.5) is 0 Å². The van der Waals surface area contributed by atoms with Crippen molar-refractivity contribution in [1.29, 1.82) is 0 Å². The predicted octanol–water partition coefficient (Wildman–Crippen LogP) is 9.50. The standard InChI is InChI=1S/C26H37Si2.C12H7Si.2ClH.Zr/c1-10-19-11-12-20-13-21(18(2)3)16-25(20)26(19)22-14-23(27(4,5)6)17-24(15-22)28(7,8)9;1-3-7-11-9(5-1)10-6-2-4-8-12(10)13-11;;;/h11-18H,10H2,1-9H3;1-7H;2*1H;/q2*-1;;;+4/p-2. The maximum atomic E-state index is 4.93. The van der Waals surface area contributed by atoms with Gasteiger partial charge in [-0.25, -0.2) is 0 Å². The first-order valence-electron chi connectivity index (χ1n) is 15.5. The summed E-state index contributed by atoms with van der Waals surface area (Å²) >= 11 is -0.826. The molecular formula is C38H44Cl2Si3Zr. The maximum Gasteiger partial charge on any atom is 0.0920 e. The van der Waals surface area contributed by atoms with Crippen LogP contribution >= 0.6 is 17.0 Å². The molecule has 1 aliphatic rings. The maximum absolute atomic E-state index is 4.93. The number of benzene rings is 4. The molecule has 226 valence electrons. The van der Waals surface area contributed by atoms with Gasteiger partial charge in [-0.2, -0.15) is 35.5 Å². The van der Waals surface area contributed by atoms with E-state index in [9.17, 15) is 0 Å². The van der Waals surface area contributed by atoms with Gasteiger partial charge in [-0.05, 0) is 17.9 Å². The minimum absolute atomic E-state index is 0.566. The number of rotatable bonds is 5. The summed E-state index contributed by atoms with van der Waals surface area (Å²) in [5.41, 5.74) is 8.62. The quantitative estimate of drug-likeness (QED) is 0.122. The van der Waals surface area contributed by atoms with E-state index in [1.807, 2.05) is 6.07 Å². The third-order valence-corrected chi connectivity index (χ3v) is 13.7. The third-order valence-electron chi connectivity index (χ3n) is 8.33. The Balaban J connectivity index is 0.000000226. The molecule has 0 atom stereocenters. The summed E-state index contributed by atoms with van der Waals surface area (Å²) in [5.74, 6) is 0.566. The van der Waals surface area contributed by atoms with Crippen LogP contribution in [-0.2, 0) is 27.3 Å². The van der Waals surface area contributed by atoms with Crippen molar-refractivity contribution < 1.29 is 20.8 Å². The van der Waals surface area contributed by atoms with Gasteiger partial charge in [-0.15, -0.1) is 40.1 Å². The molecule has 2 radical (unpaired) electrons. The summed E-state index contributed by atoms with van der Waals surface area (Å²) < 4.78 is 0. The topological polar surface area (TPSA) is 0 Å². The Kier molecular flexibility index (Phi) is 12.1. The molecule has 0 unspecified atom stereocenters. The summed E-state index contributed by atoms with van der Waals surface area (Å²) in [6.07, 6.45) is 1.08. The van der Waals surface area contributed by atoms with Gasteiger partial charge in [0, 0.05) is 0 Å². The fraction of sp³-hybridized carbons (Fsp3) is 0.289. The molecule has 0 N–H and O–H groups in total. The first kappa shape index (κ1) is 35.5. The summed E-state index contributed by atoms with van der Waals surface area (Å²) in [4.78, 5) is 0. The van der Waals surface area contributed by atoms with Gasteiger partial charge in [0.25, 0.3) is 0 Å². The van der Waals surface area contributed by atoms with Crippen LogP contribution in [0.25, 0.3) is 33.0 Å². The zero-order valence-corrected chi connectivity index (χ0v) is 34.6. The Bertz CT molecular complexity index is 1650. The van der Waals surface area contributed by atoms with Gasteiger partial charge in [-0.3, -0.25) is 0 Å². The second-order valence-corrected chi connectivity index (χ2v) is 29.1. The monoisotopic (exact) mass is 744 g/mol. The molecule has 0 aliphatic carbocycles. The Morgan fingerprint density at radius 1 is 0.818 bits per heavy atom. The van der Waals surface area contributed by atoms with Crippen LogP contribution in [0.3, 0.4) is 0 Å². The zero-order chi connectivity index (χ0) is 32.2. The van der Waals surface area contributed by atoms with E-state index in [4.69, 9.17) is 17.0 Å². The number of hydrogen-bond donors (Lipinski definition) is 0. The normalized spacial score (nSPS) is 12.1. The molecule has 5 aromatic carbocycles. The molecule has 0 amide bonds. The van der Waals surface area contributed by atoms with Crippen LogP contribution in [0.5, 0.6) is 0 Å². The largest absolute Gasteiger partial charge is 0.184 e. The van der Waals surface area contributed by atoms with Crippen LogP contribution in [0.15, 0.2) is 84.9 Å². The smallest absolute Gasteiger partial charge is 0.0920 e. The van der Waals surface area contributed by atoms with Gasteiger partial charge in [0.1, 0.15) is 0 Å². The molecule has 0 saturated heterocycles. The van der Waals surface area contributed by atoms with E-state index in [1.165, 1.54) is 54.5 Å². The molecule has 1 aliphatic heterocycles. The first-order chi connectivity index (χ1) is 20.8. The molecule has 0 aromatic heterocycles. The Morgan fingerprint density at radius 2 is 1.43 bits per heavy atom. The van der Waals surface area contributed by atoms with Crippen molar-refractivity contribution in [3.05, 3.63) is 102 Å². The number of hydrogen-bond acceptors (Lipinski definition) is 0. The van der Waals surface area contributed by atoms with Gasteiger partial charge >= 0.3 is 37.9 Å². The van der Waals surface area contributed by atoms with Crippen LogP contribution in [0.1, 0.15) is 37.8 Å². The fourth-order valence-corrected chi connectivity index (χ4v) is 9.49. The van der Waals surface area contributed by atoms with Crippen LogP contribution in [0.2, 0.25) is 39.3 Å². The van der Waals surface area contributed by atoms with E-state index >= 15 is 0 Å². The van der Waals surface area contributed by atoms with Crippen LogP contribution < -0.4 is 20.7 Å². The Morgan fingerprint density at radius 3 is 2.02 bits per heavy atom. The Labute approximate surface area is 289 Å². The molecule has 6 rings (SSSR count). The fourth-order valence-electron chi connectivity index (χ4n) is 5.68. The van der Waals surface area contributed by atoms with Gasteiger partial charge in [0.2, 0.25) is 0 Å². The van der Waals surface area contributed by atoms with Crippen molar-refractivity contribution in [2.45, 2.75) is 72.4 Å². The van der Waals surface area contributed by atoms with E-state index < -0.39 is 37.0 Å². The van der Waals surface area contributed by atoms with Crippen molar-refractivity contribution >= 4 is 74.2 Å². The summed E-state index contributed by atoms with van der Waals surface area (Å²) in [7, 11) is 7.88. The Hall–Kier alpha value is -1.40. The van der Waals surface area contributed by atoms with E-state index in [-0.39, 0.29) is 0 Å². The van der Waals surface area contributed by atoms with Crippen molar-refractivity contribution in [3.8, 4) is 22.3 Å². The number of fused-ring (bicyclic) bond motifs is 4. The van der Waals surface area contributed by atoms with E-state index in [0.29, 0.717) is 5.92 Å². The molecule has 44 heavy (non-hydrogen) atoms. The average molecular weight is 747 g/mol. The minimum Gasteiger partial charge on any atom is -0.184 e. The van der Waals surface area contributed by atoms with Crippen LogP contribution in [-0.4, -0.2) is 25.7 Å². The summed E-state index contributed by atoms with van der Waals surface area (Å²) in [6.45, 7) is 21.7. The van der Waals surface area contributed by atoms with Gasteiger partial charge in [0.05, 0.1) is 25.7 Å². The molecule has 5 aromatic rings. The second-order valence-electron chi connectivity index (χ2n) is 13.9. The van der Waals surface area contributed by atoms with E-state index in [2.05, 4.69) is 145 Å².